The van der Waals surface area contributed by atoms with Gasteiger partial charge in [0.1, 0.15) is 5.65 Å². The van der Waals surface area contributed by atoms with Crippen molar-refractivity contribution in [2.75, 3.05) is 7.05 Å². The van der Waals surface area contributed by atoms with Crippen LogP contribution >= 0.6 is 11.6 Å². The molecule has 0 radical (unpaired) electrons. The SMILES string of the molecule is CNC(=O)Cc1c(-c2ccc(Cl)cc2)nc2ccccn12. The Morgan fingerprint density at radius 3 is 2.71 bits per heavy atom. The maximum Gasteiger partial charge on any atom is 0.225 e. The number of nitrogens with zero attached hydrogens (tertiary/aromatic N) is 2. The van der Waals surface area contributed by atoms with Crippen LogP contribution in [0.4, 0.5) is 0 Å². The Kier molecular flexibility index (Phi) is 3.62. The van der Waals surface area contributed by atoms with Gasteiger partial charge in [0.25, 0.3) is 0 Å². The smallest absolute Gasteiger partial charge is 0.225 e. The van der Waals surface area contributed by atoms with E-state index in [1.54, 1.807) is 7.05 Å². The number of aromatic nitrogens is 2. The molecular formula is C16H14ClN3O. The number of imidazole rings is 1. The number of carbonyl (C=O) groups excluding carboxylic acids is 1. The third kappa shape index (κ3) is 2.62. The average molecular weight is 300 g/mol. The first-order valence-corrected chi connectivity index (χ1v) is 6.99. The normalized spacial score (nSPS) is 10.8. The van der Waals surface area contributed by atoms with Crippen LogP contribution in [0.25, 0.3) is 16.9 Å². The fraction of sp³-hybridized carbons (Fsp3) is 0.125. The second-order valence-electron chi connectivity index (χ2n) is 4.69. The van der Waals surface area contributed by atoms with Gasteiger partial charge in [-0.2, -0.15) is 0 Å². The Morgan fingerprint density at radius 1 is 1.24 bits per heavy atom. The number of carbonyl (C=O) groups is 1. The molecule has 0 spiro atoms. The standard InChI is InChI=1S/C16H14ClN3O/c1-18-15(21)10-13-16(11-5-7-12(17)8-6-11)19-14-4-2-3-9-20(13)14/h2-9H,10H2,1H3,(H,18,21). The van der Waals surface area contributed by atoms with Crippen molar-refractivity contribution in [1.29, 1.82) is 0 Å². The molecule has 21 heavy (non-hydrogen) atoms. The second-order valence-corrected chi connectivity index (χ2v) is 5.13. The predicted molar refractivity (Wildman–Crippen MR) is 83.4 cm³/mol. The van der Waals surface area contributed by atoms with Crippen molar-refractivity contribution in [3.8, 4) is 11.3 Å². The first kappa shape index (κ1) is 13.6. The summed E-state index contributed by atoms with van der Waals surface area (Å²) in [5.41, 5.74) is 3.44. The molecule has 0 saturated heterocycles. The van der Waals surface area contributed by atoms with Gasteiger partial charge >= 0.3 is 0 Å². The molecule has 0 aliphatic heterocycles. The third-order valence-electron chi connectivity index (χ3n) is 3.35. The number of amides is 1. The van der Waals surface area contributed by atoms with E-state index in [4.69, 9.17) is 11.6 Å². The van der Waals surface area contributed by atoms with Gasteiger partial charge < -0.3 is 9.72 Å². The summed E-state index contributed by atoms with van der Waals surface area (Å²) in [7, 11) is 1.63. The minimum absolute atomic E-state index is 0.0455. The molecule has 3 aromatic rings. The predicted octanol–water partition coefficient (Wildman–Crippen LogP) is 2.94. The Balaban J connectivity index is 2.18. The Morgan fingerprint density at radius 2 is 2.00 bits per heavy atom. The van der Waals surface area contributed by atoms with E-state index in [0.717, 1.165) is 22.6 Å². The molecule has 1 amide bonds. The molecule has 0 saturated carbocycles. The number of hydrogen-bond donors (Lipinski definition) is 1. The number of fused-ring (bicyclic) bond motifs is 1. The molecular weight excluding hydrogens is 286 g/mol. The molecule has 4 nitrogen and oxygen atoms in total. The van der Waals surface area contributed by atoms with Gasteiger partial charge in [-0.15, -0.1) is 0 Å². The number of likely N-dealkylation sites (N-methyl/N-ethyl adjacent to an activating group) is 1. The molecule has 2 heterocycles. The minimum Gasteiger partial charge on any atom is -0.359 e. The molecule has 0 aliphatic carbocycles. The van der Waals surface area contributed by atoms with Gasteiger partial charge in [0.05, 0.1) is 17.8 Å². The number of halogens is 1. The highest BCUT2D eigenvalue weighted by atomic mass is 35.5. The summed E-state index contributed by atoms with van der Waals surface area (Å²) in [6.45, 7) is 0. The third-order valence-corrected chi connectivity index (χ3v) is 3.61. The maximum absolute atomic E-state index is 11.8. The summed E-state index contributed by atoms with van der Waals surface area (Å²) < 4.78 is 1.94. The largest absolute Gasteiger partial charge is 0.359 e. The lowest BCUT2D eigenvalue weighted by molar-refractivity contribution is -0.120. The first-order valence-electron chi connectivity index (χ1n) is 6.61. The Bertz CT molecular complexity index is 793. The maximum atomic E-state index is 11.8. The van der Waals surface area contributed by atoms with Crippen molar-refractivity contribution in [1.82, 2.24) is 14.7 Å². The van der Waals surface area contributed by atoms with Crippen LogP contribution in [-0.4, -0.2) is 22.3 Å². The summed E-state index contributed by atoms with van der Waals surface area (Å²) in [5.74, 6) is -0.0455. The van der Waals surface area contributed by atoms with Crippen LogP contribution in [0, 0.1) is 0 Å². The average Bonchev–Trinajstić information content (AvgIpc) is 2.87. The van der Waals surface area contributed by atoms with E-state index in [1.165, 1.54) is 0 Å². The van der Waals surface area contributed by atoms with Crippen molar-refractivity contribution >= 4 is 23.2 Å². The summed E-state index contributed by atoms with van der Waals surface area (Å²) in [5, 5.41) is 3.33. The lowest BCUT2D eigenvalue weighted by Gasteiger charge is -2.05. The van der Waals surface area contributed by atoms with Gasteiger partial charge in [-0.3, -0.25) is 4.79 Å². The summed E-state index contributed by atoms with van der Waals surface area (Å²) in [6.07, 6.45) is 2.19. The molecule has 106 valence electrons. The van der Waals surface area contributed by atoms with Crippen molar-refractivity contribution < 1.29 is 4.79 Å². The topological polar surface area (TPSA) is 46.4 Å². The van der Waals surface area contributed by atoms with E-state index in [0.29, 0.717) is 5.02 Å². The highest BCUT2D eigenvalue weighted by Gasteiger charge is 2.16. The molecule has 0 bridgehead atoms. The van der Waals surface area contributed by atoms with Crippen molar-refractivity contribution in [2.45, 2.75) is 6.42 Å². The number of pyridine rings is 1. The number of nitrogens with one attached hydrogen (secondary N) is 1. The number of rotatable bonds is 3. The van der Waals surface area contributed by atoms with Crippen LogP contribution in [0.2, 0.25) is 5.02 Å². The highest BCUT2D eigenvalue weighted by Crippen LogP contribution is 2.26. The van der Waals surface area contributed by atoms with Gasteiger partial charge in [-0.05, 0) is 24.3 Å². The molecule has 2 aromatic heterocycles. The molecule has 1 aromatic carbocycles. The lowest BCUT2D eigenvalue weighted by atomic mass is 10.1. The van der Waals surface area contributed by atoms with Crippen LogP contribution in [0.1, 0.15) is 5.69 Å². The van der Waals surface area contributed by atoms with E-state index < -0.39 is 0 Å². The van der Waals surface area contributed by atoms with Crippen LogP contribution in [0.15, 0.2) is 48.7 Å². The van der Waals surface area contributed by atoms with E-state index in [1.807, 2.05) is 53.1 Å². The van der Waals surface area contributed by atoms with Gasteiger partial charge in [0.15, 0.2) is 0 Å². The van der Waals surface area contributed by atoms with E-state index in [2.05, 4.69) is 10.3 Å². The van der Waals surface area contributed by atoms with Crippen molar-refractivity contribution in [3.63, 3.8) is 0 Å². The molecule has 0 atom stereocenters. The van der Waals surface area contributed by atoms with Crippen molar-refractivity contribution in [3.05, 3.63) is 59.4 Å². The van der Waals surface area contributed by atoms with Crippen LogP contribution in [0.3, 0.4) is 0 Å². The van der Waals surface area contributed by atoms with Gasteiger partial charge in [-0.25, -0.2) is 4.98 Å². The van der Waals surface area contributed by atoms with Crippen LogP contribution < -0.4 is 5.32 Å². The monoisotopic (exact) mass is 299 g/mol. The fourth-order valence-electron chi connectivity index (χ4n) is 2.29. The quantitative estimate of drug-likeness (QED) is 0.808. The van der Waals surface area contributed by atoms with Crippen LogP contribution in [0.5, 0.6) is 0 Å². The number of hydrogen-bond acceptors (Lipinski definition) is 2. The number of benzene rings is 1. The van der Waals surface area contributed by atoms with E-state index in [-0.39, 0.29) is 12.3 Å². The first-order chi connectivity index (χ1) is 10.2. The lowest BCUT2D eigenvalue weighted by Crippen LogP contribution is -2.21. The summed E-state index contributed by atoms with van der Waals surface area (Å²) >= 11 is 5.93. The van der Waals surface area contributed by atoms with Gasteiger partial charge in [-0.1, -0.05) is 29.8 Å². The highest BCUT2D eigenvalue weighted by molar-refractivity contribution is 6.30. The summed E-state index contributed by atoms with van der Waals surface area (Å²) in [6, 6.07) is 13.3. The zero-order valence-corrected chi connectivity index (χ0v) is 12.3. The molecule has 5 heteroatoms. The summed E-state index contributed by atoms with van der Waals surface area (Å²) in [4.78, 5) is 16.4. The molecule has 1 N–H and O–H groups in total. The molecule has 0 aliphatic rings. The van der Waals surface area contributed by atoms with Crippen LogP contribution in [-0.2, 0) is 11.2 Å². The second kappa shape index (κ2) is 5.58. The molecule has 3 rings (SSSR count). The zero-order valence-electron chi connectivity index (χ0n) is 11.5. The minimum atomic E-state index is -0.0455. The fourth-order valence-corrected chi connectivity index (χ4v) is 2.42. The molecule has 0 fully saturated rings. The Hall–Kier alpha value is -2.33. The van der Waals surface area contributed by atoms with Crippen molar-refractivity contribution in [2.24, 2.45) is 0 Å². The van der Waals surface area contributed by atoms with Gasteiger partial charge in [0.2, 0.25) is 5.91 Å². The Labute approximate surface area is 127 Å². The molecule has 0 unspecified atom stereocenters. The zero-order chi connectivity index (χ0) is 14.8. The van der Waals surface area contributed by atoms with E-state index in [9.17, 15) is 4.79 Å². The van der Waals surface area contributed by atoms with Gasteiger partial charge in [0, 0.05) is 23.8 Å². The van der Waals surface area contributed by atoms with E-state index >= 15 is 0 Å².